The van der Waals surface area contributed by atoms with E-state index in [1.54, 1.807) is 12.1 Å². The van der Waals surface area contributed by atoms with Crippen LogP contribution in [0.3, 0.4) is 0 Å². The van der Waals surface area contributed by atoms with Gasteiger partial charge < -0.3 is 0 Å². The molecule has 0 saturated heterocycles. The van der Waals surface area contributed by atoms with Crippen molar-refractivity contribution in [1.29, 1.82) is 0 Å². The summed E-state index contributed by atoms with van der Waals surface area (Å²) in [6, 6.07) is 7.53. The molecule has 0 amide bonds. The summed E-state index contributed by atoms with van der Waals surface area (Å²) < 4.78 is 0. The smallest absolute Gasteiger partial charge is 0.292 e. The highest BCUT2D eigenvalue weighted by Gasteiger charge is 2.34. The Morgan fingerprint density at radius 3 is 2.30 bits per heavy atom. The Morgan fingerprint density at radius 2 is 1.78 bits per heavy atom. The lowest BCUT2D eigenvalue weighted by Crippen LogP contribution is -2.28. The summed E-state index contributed by atoms with van der Waals surface area (Å²) in [4.78, 5) is 22.6. The van der Waals surface area contributed by atoms with E-state index in [1.165, 1.54) is 12.0 Å². The van der Waals surface area contributed by atoms with Crippen LogP contribution in [0.15, 0.2) is 24.3 Å². The van der Waals surface area contributed by atoms with Gasteiger partial charge >= 0.3 is 5.97 Å². The summed E-state index contributed by atoms with van der Waals surface area (Å²) in [5, 5.41) is 0. The Balaban J connectivity index is 1.92. The molecule has 1 unspecified atom stereocenters. The van der Waals surface area contributed by atoms with Crippen LogP contribution in [0.4, 0.5) is 0 Å². The summed E-state index contributed by atoms with van der Waals surface area (Å²) >= 11 is 0. The van der Waals surface area contributed by atoms with Gasteiger partial charge in [0, 0.05) is 0 Å². The van der Waals surface area contributed by atoms with Crippen LogP contribution in [-0.2, 0) is 15.2 Å². The Labute approximate surface area is 140 Å². The minimum atomic E-state index is -0.436. The molecule has 0 aromatic heterocycles. The van der Waals surface area contributed by atoms with Crippen LogP contribution in [0.5, 0.6) is 0 Å². The van der Waals surface area contributed by atoms with Crippen LogP contribution >= 0.6 is 0 Å². The Hall–Kier alpha value is -1.35. The van der Waals surface area contributed by atoms with Crippen molar-refractivity contribution >= 4 is 5.97 Å². The van der Waals surface area contributed by atoms with Crippen LogP contribution in [0.25, 0.3) is 0 Å². The van der Waals surface area contributed by atoms with E-state index >= 15 is 0 Å². The quantitative estimate of drug-likeness (QED) is 0.549. The molecular weight excluding hydrogens is 288 g/mol. The summed E-state index contributed by atoms with van der Waals surface area (Å²) in [5.41, 5.74) is 1.97. The van der Waals surface area contributed by atoms with E-state index in [9.17, 15) is 4.79 Å². The van der Waals surface area contributed by atoms with Gasteiger partial charge in [-0.25, -0.2) is 4.79 Å². The molecule has 1 aromatic carbocycles. The zero-order chi connectivity index (χ0) is 17.3. The third-order valence-electron chi connectivity index (χ3n) is 4.37. The molecule has 1 fully saturated rings. The Bertz CT molecular complexity index is 537. The second kappa shape index (κ2) is 6.64. The maximum absolute atomic E-state index is 12.1. The molecule has 23 heavy (non-hydrogen) atoms. The van der Waals surface area contributed by atoms with E-state index in [2.05, 4.69) is 41.5 Å². The minimum absolute atomic E-state index is 0.0681. The van der Waals surface area contributed by atoms with E-state index in [-0.39, 0.29) is 10.8 Å². The highest BCUT2D eigenvalue weighted by atomic mass is 17.2. The third kappa shape index (κ3) is 5.07. The first-order valence-electron chi connectivity index (χ1n) is 8.41. The molecule has 1 aliphatic rings. The normalized spacial score (nSPS) is 21.9. The number of rotatable bonds is 3. The van der Waals surface area contributed by atoms with Gasteiger partial charge in [0.2, 0.25) is 0 Å². The van der Waals surface area contributed by atoms with Gasteiger partial charge in [0.1, 0.15) is 6.10 Å². The van der Waals surface area contributed by atoms with Crippen LogP contribution in [0, 0.1) is 17.4 Å². The number of hydrogen-bond donors (Lipinski definition) is 0. The summed E-state index contributed by atoms with van der Waals surface area (Å²) in [6.07, 6.45) is 3.74. The van der Waals surface area contributed by atoms with Gasteiger partial charge in [-0.3, -0.25) is 4.89 Å². The molecule has 1 saturated carbocycles. The molecule has 3 nitrogen and oxygen atoms in total. The minimum Gasteiger partial charge on any atom is -0.292 e. The standard InChI is InChI=1S/C20H29O3/c1-14-11-17(13-20(5,6)12-14)22-23-18(21)15-7-9-16(10-8-15)19(2,3)4/h7-10,14H,11-13H2,1-6H3. The molecule has 127 valence electrons. The first kappa shape index (κ1) is 18.0. The maximum atomic E-state index is 12.1. The van der Waals surface area contributed by atoms with Gasteiger partial charge in [-0.2, -0.15) is 4.89 Å². The second-order valence-corrected chi connectivity index (χ2v) is 8.67. The van der Waals surface area contributed by atoms with E-state index in [0.717, 1.165) is 18.9 Å². The van der Waals surface area contributed by atoms with Crippen molar-refractivity contribution in [3.8, 4) is 0 Å². The molecule has 0 spiro atoms. The van der Waals surface area contributed by atoms with E-state index in [0.29, 0.717) is 11.5 Å². The van der Waals surface area contributed by atoms with Gasteiger partial charge in [-0.15, -0.1) is 0 Å². The molecule has 0 N–H and O–H groups in total. The molecule has 1 aromatic rings. The highest BCUT2D eigenvalue weighted by Crippen LogP contribution is 2.43. The average Bonchev–Trinajstić information content (AvgIpc) is 2.42. The maximum Gasteiger partial charge on any atom is 0.373 e. The van der Waals surface area contributed by atoms with Gasteiger partial charge in [0.05, 0.1) is 5.56 Å². The summed E-state index contributed by atoms with van der Waals surface area (Å²) in [7, 11) is 0. The molecule has 1 radical (unpaired) electrons. The van der Waals surface area contributed by atoms with Gasteiger partial charge in [0.15, 0.2) is 0 Å². The van der Waals surface area contributed by atoms with Crippen molar-refractivity contribution in [2.24, 2.45) is 11.3 Å². The molecule has 0 heterocycles. The predicted molar refractivity (Wildman–Crippen MR) is 91.7 cm³/mol. The second-order valence-electron chi connectivity index (χ2n) is 8.67. The van der Waals surface area contributed by atoms with Gasteiger partial charge in [-0.1, -0.05) is 53.7 Å². The van der Waals surface area contributed by atoms with Crippen molar-refractivity contribution < 1.29 is 14.6 Å². The number of carbonyl (C=O) groups is 1. The van der Waals surface area contributed by atoms with E-state index in [4.69, 9.17) is 9.78 Å². The SMILES string of the molecule is CC1C[C](OOC(=O)c2ccc(C(C)(C)C)cc2)CC(C)(C)C1. The van der Waals surface area contributed by atoms with Crippen LogP contribution in [-0.4, -0.2) is 5.97 Å². The van der Waals surface area contributed by atoms with Crippen molar-refractivity contribution in [2.45, 2.75) is 66.2 Å². The van der Waals surface area contributed by atoms with Crippen molar-refractivity contribution in [3.05, 3.63) is 41.5 Å². The zero-order valence-electron chi connectivity index (χ0n) is 15.2. The topological polar surface area (TPSA) is 35.5 Å². The highest BCUT2D eigenvalue weighted by molar-refractivity contribution is 5.89. The Kier molecular flexibility index (Phi) is 5.20. The summed E-state index contributed by atoms with van der Waals surface area (Å²) in [6.45, 7) is 13.1. The zero-order valence-corrected chi connectivity index (χ0v) is 15.2. The number of benzene rings is 1. The number of carbonyl (C=O) groups excluding carboxylic acids is 1. The Morgan fingerprint density at radius 1 is 1.17 bits per heavy atom. The third-order valence-corrected chi connectivity index (χ3v) is 4.37. The van der Waals surface area contributed by atoms with Gasteiger partial charge in [-0.05, 0) is 53.7 Å². The van der Waals surface area contributed by atoms with Crippen molar-refractivity contribution in [2.75, 3.05) is 0 Å². The lowest BCUT2D eigenvalue weighted by atomic mass is 9.71. The largest absolute Gasteiger partial charge is 0.373 e. The fourth-order valence-corrected chi connectivity index (χ4v) is 3.40. The van der Waals surface area contributed by atoms with Gasteiger partial charge in [0.25, 0.3) is 0 Å². The molecule has 0 bridgehead atoms. The number of hydrogen-bond acceptors (Lipinski definition) is 3. The summed E-state index contributed by atoms with van der Waals surface area (Å²) in [5.74, 6) is 0.118. The monoisotopic (exact) mass is 317 g/mol. The van der Waals surface area contributed by atoms with Crippen molar-refractivity contribution in [3.63, 3.8) is 0 Å². The van der Waals surface area contributed by atoms with Crippen LogP contribution in [0.2, 0.25) is 0 Å². The fraction of sp³-hybridized carbons (Fsp3) is 0.600. The first-order valence-corrected chi connectivity index (χ1v) is 8.41. The lowest BCUT2D eigenvalue weighted by Gasteiger charge is -2.36. The molecule has 1 atom stereocenters. The molecule has 0 aliphatic heterocycles. The van der Waals surface area contributed by atoms with E-state index in [1.807, 2.05) is 12.1 Å². The molecule has 3 heteroatoms. The molecular formula is C20H29O3. The fourth-order valence-electron chi connectivity index (χ4n) is 3.40. The average molecular weight is 317 g/mol. The van der Waals surface area contributed by atoms with E-state index < -0.39 is 5.97 Å². The first-order chi connectivity index (χ1) is 10.6. The lowest BCUT2D eigenvalue weighted by molar-refractivity contribution is -0.245. The van der Waals surface area contributed by atoms with Crippen LogP contribution < -0.4 is 0 Å². The molecule has 2 rings (SSSR count). The molecule has 1 aliphatic carbocycles. The van der Waals surface area contributed by atoms with Crippen LogP contribution in [0.1, 0.15) is 76.7 Å². The van der Waals surface area contributed by atoms with Crippen molar-refractivity contribution in [1.82, 2.24) is 0 Å². The predicted octanol–water partition coefficient (Wildman–Crippen LogP) is 5.45.